The highest BCUT2D eigenvalue weighted by atomic mass is 16.5. The highest BCUT2D eigenvalue weighted by molar-refractivity contribution is 5.98. The molecule has 0 spiro atoms. The summed E-state index contributed by atoms with van der Waals surface area (Å²) in [7, 11) is 1.54. The minimum Gasteiger partial charge on any atom is -0.507 e. The zero-order valence-corrected chi connectivity index (χ0v) is 26.9. The van der Waals surface area contributed by atoms with Crippen molar-refractivity contribution in [1.29, 1.82) is 0 Å². The van der Waals surface area contributed by atoms with Crippen LogP contribution in [0.1, 0.15) is 46.8 Å². The molecule has 5 rings (SSSR count). The molecule has 0 unspecified atom stereocenters. The number of phenolic OH excluding ortho intramolecular Hbond substituents is 1. The van der Waals surface area contributed by atoms with Crippen LogP contribution in [0.5, 0.6) is 11.5 Å². The smallest absolute Gasteiger partial charge is 0.342 e. The van der Waals surface area contributed by atoms with E-state index in [9.17, 15) is 19.5 Å². The maximum Gasteiger partial charge on any atom is 0.342 e. The average molecular weight is 659 g/mol. The van der Waals surface area contributed by atoms with Crippen molar-refractivity contribution in [2.24, 2.45) is 0 Å². The van der Waals surface area contributed by atoms with Crippen LogP contribution in [0.15, 0.2) is 22.8 Å². The number of hydrogen-bond donors (Lipinski definition) is 4. The third kappa shape index (κ3) is 9.06. The fourth-order valence-electron chi connectivity index (χ4n) is 5.18. The monoisotopic (exact) mass is 658 g/mol. The van der Waals surface area contributed by atoms with E-state index in [4.69, 9.17) is 34.5 Å². The van der Waals surface area contributed by atoms with Crippen molar-refractivity contribution in [3.63, 3.8) is 0 Å². The molecule has 2 aliphatic rings. The van der Waals surface area contributed by atoms with Crippen LogP contribution in [0.2, 0.25) is 0 Å². The van der Waals surface area contributed by atoms with E-state index in [0.717, 1.165) is 44.0 Å². The number of cyclic esters (lactones) is 1. The normalized spacial score (nSPS) is 14.8. The van der Waals surface area contributed by atoms with Gasteiger partial charge >= 0.3 is 11.9 Å². The SMILES string of the molecule is COc1c(C)c2c(c(O)c1C/C=C(\C)CCC(=O)OCCN1CCOCC1)C(=O)OC2.Nc1nc2c(ncn2COCCO)c(=O)[nH]1. The number of hydrogen-bond acceptors (Lipinski definition) is 14. The number of rotatable bonds is 13. The number of nitrogens with zero attached hydrogens (tertiary/aromatic N) is 4. The summed E-state index contributed by atoms with van der Waals surface area (Å²) in [6.45, 7) is 8.53. The minimum atomic E-state index is -0.514. The molecule has 2 aliphatic heterocycles. The molecule has 256 valence electrons. The molecule has 16 nitrogen and oxygen atoms in total. The number of aliphatic hydroxyl groups is 1. The Hall–Kier alpha value is -4.51. The van der Waals surface area contributed by atoms with Crippen LogP contribution in [0.25, 0.3) is 11.2 Å². The number of methoxy groups -OCH3 is 1. The first-order valence-corrected chi connectivity index (χ1v) is 15.2. The number of carbonyl (C=O) groups excluding carboxylic acids is 2. The number of nitrogens with two attached hydrogens (primary N) is 1. The van der Waals surface area contributed by atoms with Gasteiger partial charge in [-0.2, -0.15) is 4.98 Å². The van der Waals surface area contributed by atoms with E-state index >= 15 is 0 Å². The highest BCUT2D eigenvalue weighted by Crippen LogP contribution is 2.42. The number of fused-ring (bicyclic) bond motifs is 2. The summed E-state index contributed by atoms with van der Waals surface area (Å²) < 4.78 is 27.8. The van der Waals surface area contributed by atoms with E-state index in [0.29, 0.717) is 48.4 Å². The van der Waals surface area contributed by atoms with Crippen molar-refractivity contribution in [2.75, 3.05) is 65.5 Å². The number of allylic oxidation sites excluding steroid dienone is 2. The van der Waals surface area contributed by atoms with E-state index in [2.05, 4.69) is 19.9 Å². The van der Waals surface area contributed by atoms with Gasteiger partial charge in [-0.05, 0) is 32.3 Å². The quantitative estimate of drug-likeness (QED) is 0.115. The van der Waals surface area contributed by atoms with Gasteiger partial charge < -0.3 is 39.6 Å². The lowest BCUT2D eigenvalue weighted by Crippen LogP contribution is -2.38. The predicted molar refractivity (Wildman–Crippen MR) is 169 cm³/mol. The third-order valence-corrected chi connectivity index (χ3v) is 7.76. The number of ether oxygens (including phenoxy) is 5. The van der Waals surface area contributed by atoms with Gasteiger partial charge in [-0.1, -0.05) is 11.6 Å². The van der Waals surface area contributed by atoms with E-state index in [1.54, 1.807) is 7.11 Å². The van der Waals surface area contributed by atoms with Gasteiger partial charge in [0.2, 0.25) is 5.95 Å². The lowest BCUT2D eigenvalue weighted by Gasteiger charge is -2.26. The molecule has 0 bridgehead atoms. The van der Waals surface area contributed by atoms with Crippen LogP contribution in [0, 0.1) is 6.92 Å². The first-order valence-electron chi connectivity index (χ1n) is 15.2. The summed E-state index contributed by atoms with van der Waals surface area (Å²) >= 11 is 0. The van der Waals surface area contributed by atoms with Gasteiger partial charge in [0, 0.05) is 37.2 Å². The summed E-state index contributed by atoms with van der Waals surface area (Å²) in [5, 5.41) is 19.2. The van der Waals surface area contributed by atoms with Gasteiger partial charge in [0.1, 0.15) is 37.0 Å². The van der Waals surface area contributed by atoms with Crippen molar-refractivity contribution in [1.82, 2.24) is 24.4 Å². The van der Waals surface area contributed by atoms with Crippen LogP contribution in [0.4, 0.5) is 5.95 Å². The van der Waals surface area contributed by atoms with Gasteiger partial charge in [-0.25, -0.2) is 9.78 Å². The number of aromatic hydroxyl groups is 1. The number of nitrogens with one attached hydrogen (secondary N) is 1. The van der Waals surface area contributed by atoms with Gasteiger partial charge in [0.15, 0.2) is 11.2 Å². The van der Waals surface area contributed by atoms with Crippen LogP contribution in [-0.2, 0) is 43.5 Å². The summed E-state index contributed by atoms with van der Waals surface area (Å²) in [4.78, 5) is 47.8. The van der Waals surface area contributed by atoms with Crippen molar-refractivity contribution < 1.29 is 43.5 Å². The number of benzene rings is 1. The summed E-state index contributed by atoms with van der Waals surface area (Å²) in [6, 6.07) is 0. The van der Waals surface area contributed by atoms with Gasteiger partial charge in [-0.15, -0.1) is 0 Å². The van der Waals surface area contributed by atoms with E-state index in [-0.39, 0.29) is 60.9 Å². The number of esters is 2. The number of aliphatic hydroxyl groups excluding tert-OH is 1. The van der Waals surface area contributed by atoms with Crippen LogP contribution in [0.3, 0.4) is 0 Å². The maximum atomic E-state index is 12.0. The molecular weight excluding hydrogens is 616 g/mol. The molecule has 0 atom stereocenters. The molecule has 1 aromatic carbocycles. The fourth-order valence-corrected chi connectivity index (χ4v) is 5.18. The summed E-state index contributed by atoms with van der Waals surface area (Å²) in [5.74, 6) is -0.244. The van der Waals surface area contributed by atoms with Gasteiger partial charge in [0.25, 0.3) is 5.56 Å². The van der Waals surface area contributed by atoms with Gasteiger partial charge in [0.05, 0.1) is 39.9 Å². The number of aromatic amines is 1. The van der Waals surface area contributed by atoms with E-state index in [1.165, 1.54) is 10.9 Å². The molecule has 4 heterocycles. The van der Waals surface area contributed by atoms with Crippen molar-refractivity contribution in [3.8, 4) is 11.5 Å². The number of anilines is 1. The molecule has 1 saturated heterocycles. The van der Waals surface area contributed by atoms with Gasteiger partial charge in [-0.3, -0.25) is 24.0 Å². The predicted octanol–water partition coefficient (Wildman–Crippen LogP) is 1.19. The standard InChI is InChI=1S/C23H31NO7.C8H11N5O3/c1-15(5-7-19(25)30-13-10-24-8-11-29-12-9-24)4-6-17-21(26)20-18(14-31-23(20)27)16(2)22(17)28-3;9-8-11-6-5(7(15)12-8)10-3-13(6)4-16-2-1-14/h4,26H,5-14H2,1-3H3;3,14H,1-2,4H2,(H3,9,11,12,15)/b15-4+;. The van der Waals surface area contributed by atoms with E-state index in [1.807, 2.05) is 19.9 Å². The first-order chi connectivity index (χ1) is 22.6. The second kappa shape index (κ2) is 16.9. The summed E-state index contributed by atoms with van der Waals surface area (Å²) in [6.07, 6.45) is 4.61. The van der Waals surface area contributed by atoms with Crippen molar-refractivity contribution >= 4 is 29.1 Å². The number of imidazole rings is 1. The minimum absolute atomic E-state index is 0.0291. The topological polar surface area (TPSA) is 214 Å². The molecule has 0 aliphatic carbocycles. The number of carbonyl (C=O) groups is 2. The molecule has 0 amide bonds. The van der Waals surface area contributed by atoms with Crippen molar-refractivity contribution in [2.45, 2.75) is 46.4 Å². The molecule has 0 saturated carbocycles. The number of morpholine rings is 1. The Bertz CT molecular complexity index is 1640. The third-order valence-electron chi connectivity index (χ3n) is 7.76. The Morgan fingerprint density at radius 1 is 1.21 bits per heavy atom. The zero-order chi connectivity index (χ0) is 33.9. The number of nitrogen functional groups attached to an aromatic ring is 1. The molecular formula is C31H42N6O10. The Morgan fingerprint density at radius 2 is 1.98 bits per heavy atom. The van der Waals surface area contributed by atoms with Crippen LogP contribution >= 0.6 is 0 Å². The lowest BCUT2D eigenvalue weighted by atomic mass is 9.94. The molecule has 2 aromatic heterocycles. The Morgan fingerprint density at radius 3 is 2.70 bits per heavy atom. The fraction of sp³-hybridized carbons (Fsp3) is 0.516. The van der Waals surface area contributed by atoms with Crippen molar-refractivity contribution in [3.05, 3.63) is 50.6 Å². The second-order valence-electron chi connectivity index (χ2n) is 10.9. The molecule has 3 aromatic rings. The lowest BCUT2D eigenvalue weighted by molar-refractivity contribution is -0.144. The first kappa shape index (κ1) is 35.3. The second-order valence-corrected chi connectivity index (χ2v) is 10.9. The molecule has 16 heteroatoms. The van der Waals surface area contributed by atoms with Crippen LogP contribution < -0.4 is 16.0 Å². The number of H-pyrrole nitrogens is 1. The Kier molecular flexibility index (Phi) is 12.7. The Balaban J connectivity index is 0.000000261. The largest absolute Gasteiger partial charge is 0.507 e. The zero-order valence-electron chi connectivity index (χ0n) is 26.9. The van der Waals surface area contributed by atoms with E-state index < -0.39 is 5.97 Å². The molecule has 1 fully saturated rings. The van der Waals surface area contributed by atoms with Crippen LogP contribution in [-0.4, -0.2) is 106 Å². The highest BCUT2D eigenvalue weighted by Gasteiger charge is 2.31. The molecule has 5 N–H and O–H groups in total. The number of phenols is 1. The summed E-state index contributed by atoms with van der Waals surface area (Å²) in [5.41, 5.74) is 8.84. The molecule has 0 radical (unpaired) electrons. The molecule has 47 heavy (non-hydrogen) atoms. The maximum absolute atomic E-state index is 12.0. The Labute approximate surface area is 271 Å². The average Bonchev–Trinajstić information content (AvgIpc) is 3.65. The number of aromatic nitrogens is 4.